The largest absolute Gasteiger partial charge is 0.393 e. The molecule has 3 rings (SSSR count). The second kappa shape index (κ2) is 4.03. The molecule has 4 atom stereocenters. The van der Waals surface area contributed by atoms with Crippen LogP contribution in [0.5, 0.6) is 0 Å². The van der Waals surface area contributed by atoms with Crippen LogP contribution in [0.1, 0.15) is 52.9 Å². The van der Waals surface area contributed by atoms with E-state index < -0.39 is 17.3 Å². The van der Waals surface area contributed by atoms with Crippen molar-refractivity contribution in [1.82, 2.24) is 0 Å². The van der Waals surface area contributed by atoms with Crippen molar-refractivity contribution in [2.24, 2.45) is 10.8 Å². The molecule has 0 radical (unpaired) electrons. The lowest BCUT2D eigenvalue weighted by Crippen LogP contribution is -2.72. The van der Waals surface area contributed by atoms with Gasteiger partial charge in [0.2, 0.25) is 0 Å². The highest BCUT2D eigenvalue weighted by Crippen LogP contribution is 2.65. The molecule has 1 heterocycles. The third-order valence-electron chi connectivity index (χ3n) is 6.44. The maximum absolute atomic E-state index is 12.4. The van der Waals surface area contributed by atoms with Crippen molar-refractivity contribution in [2.75, 3.05) is 6.61 Å². The van der Waals surface area contributed by atoms with Crippen molar-refractivity contribution in [2.45, 2.75) is 70.2 Å². The number of hydrogen-bond acceptors (Lipinski definition) is 5. The van der Waals surface area contributed by atoms with Crippen LogP contribution in [0, 0.1) is 10.8 Å². The summed E-state index contributed by atoms with van der Waals surface area (Å²) in [6.45, 7) is 5.83. The fraction of sp³-hybridized carbons (Fsp3) is 0.933. The molecule has 1 saturated heterocycles. The van der Waals surface area contributed by atoms with Crippen molar-refractivity contribution in [3.8, 4) is 0 Å². The maximum Gasteiger partial charge on any atom is 0.168 e. The second-order valence-corrected chi connectivity index (χ2v) is 7.56. The first-order valence-corrected chi connectivity index (χ1v) is 7.42. The second-order valence-electron chi connectivity index (χ2n) is 7.56. The molecule has 114 valence electrons. The van der Waals surface area contributed by atoms with Crippen LogP contribution in [-0.4, -0.2) is 39.9 Å². The fourth-order valence-corrected chi connectivity index (χ4v) is 4.65. The Labute approximate surface area is 119 Å². The van der Waals surface area contributed by atoms with Crippen LogP contribution in [0.15, 0.2) is 0 Å². The average Bonchev–Trinajstić information content (AvgIpc) is 2.42. The van der Waals surface area contributed by atoms with E-state index in [-0.39, 0.29) is 23.2 Å². The highest BCUT2D eigenvalue weighted by atomic mass is 17.2. The van der Waals surface area contributed by atoms with Gasteiger partial charge in [0, 0.05) is 11.8 Å². The van der Waals surface area contributed by atoms with Crippen LogP contribution in [0.25, 0.3) is 0 Å². The molecule has 2 bridgehead atoms. The Kier molecular flexibility index (Phi) is 2.91. The molecule has 0 aromatic heterocycles. The van der Waals surface area contributed by atoms with Crippen LogP contribution in [-0.2, 0) is 14.6 Å². The summed E-state index contributed by atoms with van der Waals surface area (Å²) in [6, 6.07) is 0. The Hall–Kier alpha value is -0.490. The molecule has 0 unspecified atom stereocenters. The Morgan fingerprint density at radius 2 is 1.95 bits per heavy atom. The third-order valence-corrected chi connectivity index (χ3v) is 6.44. The Bertz CT molecular complexity index is 448. The van der Waals surface area contributed by atoms with Gasteiger partial charge in [0.25, 0.3) is 0 Å². The van der Waals surface area contributed by atoms with Gasteiger partial charge in [-0.1, -0.05) is 13.8 Å². The summed E-state index contributed by atoms with van der Waals surface area (Å²) < 4.78 is 0. The van der Waals surface area contributed by atoms with Crippen LogP contribution in [0.3, 0.4) is 0 Å². The number of carbonyl (C=O) groups is 1. The summed E-state index contributed by atoms with van der Waals surface area (Å²) in [4.78, 5) is 23.4. The molecule has 3 fully saturated rings. The number of aliphatic hydroxyl groups is 2. The molecule has 0 amide bonds. The summed E-state index contributed by atoms with van der Waals surface area (Å²) >= 11 is 0. The number of aliphatic hydroxyl groups excluding tert-OH is 1. The molecule has 1 aliphatic heterocycles. The SMILES string of the molecule is CC1(C)CCC(=O)[C@@]2(C)OO[C@H]3C[C@@]12CC[C@@]3(O)CO. The number of fused-ring (bicyclic) bond motifs is 1. The smallest absolute Gasteiger partial charge is 0.168 e. The third kappa shape index (κ3) is 1.49. The van der Waals surface area contributed by atoms with Gasteiger partial charge in [0.05, 0.1) is 6.61 Å². The minimum atomic E-state index is -1.26. The molecule has 2 saturated carbocycles. The lowest BCUT2D eigenvalue weighted by molar-refractivity contribution is -0.468. The highest BCUT2D eigenvalue weighted by molar-refractivity contribution is 5.89. The minimum Gasteiger partial charge on any atom is -0.393 e. The van der Waals surface area contributed by atoms with Crippen LogP contribution < -0.4 is 0 Å². The molecule has 5 heteroatoms. The monoisotopic (exact) mass is 284 g/mol. The number of ketones is 1. The van der Waals surface area contributed by atoms with E-state index in [4.69, 9.17) is 9.78 Å². The Morgan fingerprint density at radius 3 is 2.60 bits per heavy atom. The topological polar surface area (TPSA) is 76.0 Å². The number of carbonyl (C=O) groups excluding carboxylic acids is 1. The summed E-state index contributed by atoms with van der Waals surface area (Å²) in [5, 5.41) is 19.9. The molecule has 2 aliphatic carbocycles. The standard InChI is InChI=1S/C15H24O5/c1-12(2)5-4-10(17)13(3)15(12)7-6-14(18,9-16)11(8-15)19-20-13/h11,16,18H,4-9H2,1-3H3/t11-,13+,14+,15-/m0/s1. The highest BCUT2D eigenvalue weighted by Gasteiger charge is 2.70. The number of hydrogen-bond donors (Lipinski definition) is 2. The zero-order valence-corrected chi connectivity index (χ0v) is 12.4. The molecule has 20 heavy (non-hydrogen) atoms. The average molecular weight is 284 g/mol. The van der Waals surface area contributed by atoms with Crippen LogP contribution in [0.4, 0.5) is 0 Å². The van der Waals surface area contributed by atoms with Crippen LogP contribution >= 0.6 is 0 Å². The van der Waals surface area contributed by atoms with Gasteiger partial charge in [0.1, 0.15) is 11.7 Å². The summed E-state index contributed by atoms with van der Waals surface area (Å²) in [5.74, 6) is 0.0877. The molecule has 5 nitrogen and oxygen atoms in total. The predicted octanol–water partition coefficient (Wildman–Crippen LogP) is 1.36. The molecule has 2 N–H and O–H groups in total. The normalized spacial score (nSPS) is 50.6. The van der Waals surface area contributed by atoms with E-state index in [2.05, 4.69) is 13.8 Å². The van der Waals surface area contributed by atoms with Gasteiger partial charge in [-0.25, -0.2) is 9.78 Å². The molecule has 3 aliphatic rings. The van der Waals surface area contributed by atoms with Gasteiger partial charge in [0.15, 0.2) is 11.4 Å². The zero-order chi connectivity index (χ0) is 14.8. The lowest BCUT2D eigenvalue weighted by atomic mass is 9.44. The first kappa shape index (κ1) is 14.4. The van der Waals surface area contributed by atoms with Gasteiger partial charge in [-0.05, 0) is 38.0 Å². The van der Waals surface area contributed by atoms with Gasteiger partial charge >= 0.3 is 0 Å². The van der Waals surface area contributed by atoms with Crippen LogP contribution in [0.2, 0.25) is 0 Å². The van der Waals surface area contributed by atoms with Crippen molar-refractivity contribution in [1.29, 1.82) is 0 Å². The number of rotatable bonds is 1. The Balaban J connectivity index is 2.06. The molecule has 0 aromatic carbocycles. The van der Waals surface area contributed by atoms with E-state index in [1.807, 2.05) is 6.92 Å². The van der Waals surface area contributed by atoms with E-state index in [0.29, 0.717) is 25.7 Å². The van der Waals surface area contributed by atoms with Gasteiger partial charge in [-0.15, -0.1) is 0 Å². The minimum absolute atomic E-state index is 0.0610. The van der Waals surface area contributed by atoms with E-state index in [9.17, 15) is 15.0 Å². The van der Waals surface area contributed by atoms with Gasteiger partial charge < -0.3 is 10.2 Å². The summed E-state index contributed by atoms with van der Waals surface area (Å²) in [7, 11) is 0. The molecular formula is C15H24O5. The van der Waals surface area contributed by atoms with E-state index in [1.54, 1.807) is 0 Å². The zero-order valence-electron chi connectivity index (χ0n) is 12.4. The van der Waals surface area contributed by atoms with Gasteiger partial charge in [-0.3, -0.25) is 4.79 Å². The fourth-order valence-electron chi connectivity index (χ4n) is 4.65. The van der Waals surface area contributed by atoms with E-state index in [0.717, 1.165) is 6.42 Å². The molecular weight excluding hydrogens is 260 g/mol. The maximum atomic E-state index is 12.4. The Morgan fingerprint density at radius 1 is 1.25 bits per heavy atom. The summed E-state index contributed by atoms with van der Waals surface area (Å²) in [6.07, 6.45) is 2.42. The van der Waals surface area contributed by atoms with Crippen molar-refractivity contribution < 1.29 is 24.8 Å². The lowest BCUT2D eigenvalue weighted by Gasteiger charge is -2.65. The van der Waals surface area contributed by atoms with Crippen molar-refractivity contribution >= 4 is 5.78 Å². The van der Waals surface area contributed by atoms with Crippen molar-refractivity contribution in [3.63, 3.8) is 0 Å². The summed E-state index contributed by atoms with van der Waals surface area (Å²) in [5.41, 5.74) is -2.60. The predicted molar refractivity (Wildman–Crippen MR) is 70.7 cm³/mol. The first-order valence-electron chi connectivity index (χ1n) is 7.42. The molecule has 0 aromatic rings. The number of Topliss-reactive ketones (excluding diaryl/α,β-unsaturated/α-hetero) is 1. The van der Waals surface area contributed by atoms with E-state index >= 15 is 0 Å². The van der Waals surface area contributed by atoms with E-state index in [1.165, 1.54) is 0 Å². The molecule has 1 spiro atoms. The first-order chi connectivity index (χ1) is 9.21. The van der Waals surface area contributed by atoms with Crippen molar-refractivity contribution in [3.05, 3.63) is 0 Å². The quantitative estimate of drug-likeness (QED) is 0.711. The van der Waals surface area contributed by atoms with Gasteiger partial charge in [-0.2, -0.15) is 0 Å².